The topological polar surface area (TPSA) is 58.8 Å². The van der Waals surface area contributed by atoms with Gasteiger partial charge in [0.25, 0.3) is 0 Å². The SMILES string of the molecule is CC1(C)C(=C=CC2CCCC(/C=C/C3=[N+](CCCCCC(=O)Oc4ccccc4)c4ccccc4C3(C)C)=C2Cl)N(CCCCCC(=O)Oc2ccccc2)c2ccccc21. The van der Waals surface area contributed by atoms with Gasteiger partial charge in [0.2, 0.25) is 5.69 Å². The van der Waals surface area contributed by atoms with Crippen LogP contribution in [0, 0.1) is 5.92 Å². The van der Waals surface area contributed by atoms with Gasteiger partial charge in [0, 0.05) is 65.6 Å². The van der Waals surface area contributed by atoms with Gasteiger partial charge in [-0.25, -0.2) is 0 Å². The van der Waals surface area contributed by atoms with E-state index in [9.17, 15) is 9.59 Å². The lowest BCUT2D eigenvalue weighted by molar-refractivity contribution is -0.438. The number of allylic oxidation sites excluding steroid dienone is 5. The number of hydrogen-bond acceptors (Lipinski definition) is 5. The number of unbranched alkanes of at least 4 members (excludes halogenated alkanes) is 4. The molecular formula is C54H60ClN2O4+. The smallest absolute Gasteiger partial charge is 0.311 e. The summed E-state index contributed by atoms with van der Waals surface area (Å²) in [6.45, 7) is 10.9. The zero-order valence-electron chi connectivity index (χ0n) is 36.3. The van der Waals surface area contributed by atoms with Crippen LogP contribution in [-0.4, -0.2) is 35.3 Å². The predicted octanol–water partition coefficient (Wildman–Crippen LogP) is 13.1. The normalized spacial score (nSPS) is 17.6. The molecular weight excluding hydrogens is 776 g/mol. The van der Waals surface area contributed by atoms with Gasteiger partial charge in [-0.05, 0) is 120 Å². The van der Waals surface area contributed by atoms with Crippen molar-refractivity contribution >= 4 is 40.6 Å². The Morgan fingerprint density at radius 1 is 0.721 bits per heavy atom. The largest absolute Gasteiger partial charge is 0.427 e. The van der Waals surface area contributed by atoms with Crippen LogP contribution in [0.2, 0.25) is 0 Å². The Balaban J connectivity index is 1.04. The van der Waals surface area contributed by atoms with E-state index >= 15 is 0 Å². The third-order valence-corrected chi connectivity index (χ3v) is 13.0. The van der Waals surface area contributed by atoms with E-state index in [1.807, 2.05) is 60.7 Å². The minimum absolute atomic E-state index is 0.0861. The number of benzene rings is 4. The van der Waals surface area contributed by atoms with E-state index in [0.717, 1.165) is 81.6 Å². The van der Waals surface area contributed by atoms with Crippen molar-refractivity contribution in [3.63, 3.8) is 0 Å². The van der Waals surface area contributed by atoms with E-state index in [2.05, 4.69) is 110 Å². The van der Waals surface area contributed by atoms with Gasteiger partial charge in [-0.15, -0.1) is 5.73 Å². The monoisotopic (exact) mass is 835 g/mol. The third kappa shape index (κ3) is 10.4. The summed E-state index contributed by atoms with van der Waals surface area (Å²) in [7, 11) is 0. The van der Waals surface area contributed by atoms with E-state index in [1.54, 1.807) is 0 Å². The summed E-state index contributed by atoms with van der Waals surface area (Å²) in [4.78, 5) is 27.3. The fraction of sp³-hybridized carbons (Fsp3) is 0.370. The number of hydrogen-bond donors (Lipinski definition) is 0. The van der Waals surface area contributed by atoms with Crippen LogP contribution in [0.4, 0.5) is 11.4 Å². The molecule has 7 heteroatoms. The van der Waals surface area contributed by atoms with Crippen LogP contribution in [0.1, 0.15) is 109 Å². The molecule has 2 aliphatic heterocycles. The minimum Gasteiger partial charge on any atom is -0.427 e. The maximum Gasteiger partial charge on any atom is 0.311 e. The van der Waals surface area contributed by atoms with Gasteiger partial charge in [-0.3, -0.25) is 9.59 Å². The number of fused-ring (bicyclic) bond motifs is 2. The number of anilines is 1. The van der Waals surface area contributed by atoms with Crippen molar-refractivity contribution in [3.05, 3.63) is 161 Å². The molecule has 316 valence electrons. The molecule has 0 bridgehead atoms. The predicted molar refractivity (Wildman–Crippen MR) is 248 cm³/mol. The highest BCUT2D eigenvalue weighted by atomic mass is 35.5. The maximum absolute atomic E-state index is 12.4. The van der Waals surface area contributed by atoms with E-state index < -0.39 is 0 Å². The molecule has 6 nitrogen and oxygen atoms in total. The Bertz CT molecular complexity index is 2350. The molecule has 0 amide bonds. The van der Waals surface area contributed by atoms with Crippen LogP contribution in [-0.2, 0) is 20.4 Å². The van der Waals surface area contributed by atoms with E-state index in [4.69, 9.17) is 21.1 Å². The molecule has 4 aromatic carbocycles. The number of ether oxygens (including phenoxy) is 2. The standard InChI is InChI=1S/C54H60ClN2O4/c1-53(2)44-28-15-17-30-46(44)56(38-19-7-13-32-50(58)60-42-24-9-5-10-25-42)48(53)36-34-40-22-21-23-41(52(40)55)35-37-49-54(3,4)45-29-16-18-31-47(45)57(49)39-20-8-14-33-51(59)61-43-26-11-6-12-27-43/h5-6,9-12,15-18,24-31,34-36,41H,7-8,13-14,19-23,32-33,38-39H2,1-4H3/q+1/b36-34+. The maximum atomic E-state index is 12.4. The average molecular weight is 837 g/mol. The van der Waals surface area contributed by atoms with Crippen LogP contribution >= 0.6 is 11.6 Å². The van der Waals surface area contributed by atoms with Crippen molar-refractivity contribution in [1.29, 1.82) is 0 Å². The molecule has 0 radical (unpaired) electrons. The van der Waals surface area contributed by atoms with Crippen molar-refractivity contribution in [1.82, 2.24) is 0 Å². The number of carbonyl (C=O) groups excluding carboxylic acids is 2. The Morgan fingerprint density at radius 3 is 1.98 bits per heavy atom. The zero-order chi connectivity index (χ0) is 42.8. The molecule has 7 rings (SSSR count). The number of rotatable bonds is 17. The fourth-order valence-corrected chi connectivity index (χ4v) is 9.47. The highest BCUT2D eigenvalue weighted by Gasteiger charge is 2.44. The first-order valence-corrected chi connectivity index (χ1v) is 22.6. The van der Waals surface area contributed by atoms with Gasteiger partial charge in [-0.1, -0.05) is 96.9 Å². The van der Waals surface area contributed by atoms with E-state index in [-0.39, 0.29) is 28.7 Å². The summed E-state index contributed by atoms with van der Waals surface area (Å²) in [5, 5.41) is 0.903. The highest BCUT2D eigenvalue weighted by Crippen LogP contribution is 2.48. The number of carbonyl (C=O) groups is 2. The summed E-state index contributed by atoms with van der Waals surface area (Å²) in [6.07, 6.45) is 15.9. The van der Waals surface area contributed by atoms with Crippen molar-refractivity contribution in [2.24, 2.45) is 5.92 Å². The van der Waals surface area contributed by atoms with Gasteiger partial charge in [0.1, 0.15) is 18.0 Å². The molecule has 0 N–H and O–H groups in total. The Hall–Kier alpha value is -5.42. The molecule has 0 spiro atoms. The molecule has 1 atom stereocenters. The van der Waals surface area contributed by atoms with Gasteiger partial charge in [-0.2, -0.15) is 4.58 Å². The van der Waals surface area contributed by atoms with Crippen LogP contribution in [0.25, 0.3) is 0 Å². The number of esters is 2. The first-order chi connectivity index (χ1) is 29.5. The van der Waals surface area contributed by atoms with Crippen LogP contribution in [0.15, 0.2) is 149 Å². The molecule has 3 aliphatic rings. The molecule has 0 aromatic heterocycles. The quantitative estimate of drug-likeness (QED) is 0.0349. The number of nitrogens with zero attached hydrogens (tertiary/aromatic N) is 2. The van der Waals surface area contributed by atoms with Crippen molar-refractivity contribution < 1.29 is 23.6 Å². The second-order valence-corrected chi connectivity index (χ2v) is 17.9. The van der Waals surface area contributed by atoms with Gasteiger partial charge in [0.05, 0.1) is 11.1 Å². The van der Waals surface area contributed by atoms with Crippen molar-refractivity contribution in [2.45, 2.75) is 109 Å². The molecule has 0 saturated heterocycles. The van der Waals surface area contributed by atoms with E-state index in [1.165, 1.54) is 33.8 Å². The van der Waals surface area contributed by atoms with Crippen LogP contribution in [0.5, 0.6) is 11.5 Å². The third-order valence-electron chi connectivity index (χ3n) is 12.5. The molecule has 61 heavy (non-hydrogen) atoms. The first kappa shape index (κ1) is 43.7. The molecule has 1 unspecified atom stereocenters. The lowest BCUT2D eigenvalue weighted by Crippen LogP contribution is -2.28. The Labute approximate surface area is 367 Å². The van der Waals surface area contributed by atoms with Crippen molar-refractivity contribution in [3.8, 4) is 11.5 Å². The van der Waals surface area contributed by atoms with E-state index in [0.29, 0.717) is 24.3 Å². The summed E-state index contributed by atoms with van der Waals surface area (Å²) < 4.78 is 13.5. The lowest BCUT2D eigenvalue weighted by atomic mass is 9.81. The molecule has 0 fully saturated rings. The van der Waals surface area contributed by atoms with Gasteiger partial charge >= 0.3 is 11.9 Å². The highest BCUT2D eigenvalue weighted by molar-refractivity contribution is 6.30. The number of para-hydroxylation sites is 4. The summed E-state index contributed by atoms with van der Waals surface area (Å²) in [5.41, 5.74) is 12.2. The van der Waals surface area contributed by atoms with Crippen LogP contribution in [0.3, 0.4) is 0 Å². The Kier molecular flexibility index (Phi) is 14.3. The van der Waals surface area contributed by atoms with Crippen molar-refractivity contribution in [2.75, 3.05) is 18.0 Å². The average Bonchev–Trinajstić information content (AvgIpc) is 3.61. The summed E-state index contributed by atoms with van der Waals surface area (Å²) in [6, 6.07) is 36.0. The minimum atomic E-state index is -0.213. The molecule has 4 aromatic rings. The summed E-state index contributed by atoms with van der Waals surface area (Å²) in [5.74, 6) is 0.905. The number of halogens is 1. The van der Waals surface area contributed by atoms with Gasteiger partial charge < -0.3 is 14.4 Å². The molecule has 1 aliphatic carbocycles. The lowest BCUT2D eigenvalue weighted by Gasteiger charge is -2.26. The Morgan fingerprint density at radius 2 is 1.31 bits per heavy atom. The first-order valence-electron chi connectivity index (χ1n) is 22.2. The fourth-order valence-electron chi connectivity index (χ4n) is 9.14. The zero-order valence-corrected chi connectivity index (χ0v) is 37.1. The van der Waals surface area contributed by atoms with Crippen LogP contribution < -0.4 is 14.4 Å². The molecule has 0 saturated carbocycles. The second kappa shape index (κ2) is 20.0. The molecule has 2 heterocycles. The second-order valence-electron chi connectivity index (χ2n) is 17.5. The van der Waals surface area contributed by atoms with Gasteiger partial charge in [0.15, 0.2) is 5.71 Å². The summed E-state index contributed by atoms with van der Waals surface area (Å²) >= 11 is 7.34.